The molecule has 1 aromatic rings. The van der Waals surface area contributed by atoms with Crippen molar-refractivity contribution < 1.29 is 31.4 Å². The third-order valence-electron chi connectivity index (χ3n) is 2.40. The van der Waals surface area contributed by atoms with Crippen LogP contribution in [0.4, 0.5) is 13.2 Å². The summed E-state index contributed by atoms with van der Waals surface area (Å²) in [5, 5.41) is 8.94. The lowest BCUT2D eigenvalue weighted by Gasteiger charge is -2.14. The lowest BCUT2D eigenvalue weighted by Crippen LogP contribution is -2.36. The summed E-state index contributed by atoms with van der Waals surface area (Å²) in [6, 6.07) is 3.15. The molecule has 1 aromatic carbocycles. The first-order valence-corrected chi connectivity index (χ1v) is 7.15. The number of hydrogen-bond donors (Lipinski definition) is 2. The minimum atomic E-state index is -4.83. The highest BCUT2D eigenvalue weighted by atomic mass is 32.2. The number of aliphatic hydroxyl groups is 1. The van der Waals surface area contributed by atoms with Crippen LogP contribution in [-0.2, 0) is 10.0 Å². The third kappa shape index (κ3) is 4.99. The Morgan fingerprint density at radius 2 is 1.85 bits per heavy atom. The Hall–Kier alpha value is -1.32. The second kappa shape index (κ2) is 6.42. The quantitative estimate of drug-likeness (QED) is 0.837. The van der Waals surface area contributed by atoms with Gasteiger partial charge in [-0.3, -0.25) is 0 Å². The van der Waals surface area contributed by atoms with Crippen molar-refractivity contribution in [3.8, 4) is 5.75 Å². The largest absolute Gasteiger partial charge is 0.573 e. The van der Waals surface area contributed by atoms with Crippen LogP contribution < -0.4 is 9.46 Å². The molecule has 20 heavy (non-hydrogen) atoms. The van der Waals surface area contributed by atoms with Crippen molar-refractivity contribution in [1.29, 1.82) is 0 Å². The van der Waals surface area contributed by atoms with Gasteiger partial charge in [-0.15, -0.1) is 13.2 Å². The molecule has 9 heteroatoms. The third-order valence-corrected chi connectivity index (χ3v) is 3.94. The van der Waals surface area contributed by atoms with Gasteiger partial charge in [-0.1, -0.05) is 6.92 Å². The standard InChI is InChI=1S/C11H14F3NO4S/c1-2-8(7-16)15-20(17,18)10-5-3-9(4-6-10)19-11(12,13)14/h3-6,8,15-16H,2,7H2,1H3/t8-/m1/s1. The molecule has 0 fully saturated rings. The molecular formula is C11H14F3NO4S. The molecule has 2 N–H and O–H groups in total. The summed E-state index contributed by atoms with van der Waals surface area (Å²) < 4.78 is 65.5. The van der Waals surface area contributed by atoms with Gasteiger partial charge in [0.1, 0.15) is 5.75 Å². The highest BCUT2D eigenvalue weighted by Gasteiger charge is 2.31. The van der Waals surface area contributed by atoms with Crippen LogP contribution in [0, 0.1) is 0 Å². The molecule has 0 radical (unpaired) electrons. The molecule has 0 aliphatic rings. The number of halogens is 3. The van der Waals surface area contributed by atoms with Gasteiger partial charge in [0.15, 0.2) is 0 Å². The predicted molar refractivity (Wildman–Crippen MR) is 64.6 cm³/mol. The molecular weight excluding hydrogens is 299 g/mol. The van der Waals surface area contributed by atoms with E-state index in [2.05, 4.69) is 9.46 Å². The van der Waals surface area contributed by atoms with E-state index < -0.39 is 28.2 Å². The van der Waals surface area contributed by atoms with Crippen LogP contribution in [0.2, 0.25) is 0 Å². The van der Waals surface area contributed by atoms with E-state index in [-0.39, 0.29) is 11.5 Å². The van der Waals surface area contributed by atoms with E-state index in [1.807, 2.05) is 0 Å². The molecule has 0 amide bonds. The smallest absolute Gasteiger partial charge is 0.406 e. The van der Waals surface area contributed by atoms with Gasteiger partial charge in [-0.05, 0) is 30.7 Å². The van der Waals surface area contributed by atoms with E-state index in [0.717, 1.165) is 24.3 Å². The number of nitrogens with one attached hydrogen (secondary N) is 1. The van der Waals surface area contributed by atoms with Gasteiger partial charge in [0.2, 0.25) is 10.0 Å². The molecule has 0 spiro atoms. The number of rotatable bonds is 6. The van der Waals surface area contributed by atoms with Gasteiger partial charge in [0, 0.05) is 6.04 Å². The predicted octanol–water partition coefficient (Wildman–Crippen LogP) is 1.63. The average molecular weight is 313 g/mol. The fourth-order valence-electron chi connectivity index (χ4n) is 1.36. The van der Waals surface area contributed by atoms with Gasteiger partial charge in [0.05, 0.1) is 11.5 Å². The fraction of sp³-hybridized carbons (Fsp3) is 0.455. The first-order chi connectivity index (χ1) is 9.18. The first kappa shape index (κ1) is 16.7. The second-order valence-electron chi connectivity index (χ2n) is 3.93. The van der Waals surface area contributed by atoms with Crippen LogP contribution in [0.3, 0.4) is 0 Å². The number of sulfonamides is 1. The summed E-state index contributed by atoms with van der Waals surface area (Å²) in [6.45, 7) is 1.31. The van der Waals surface area contributed by atoms with Crippen LogP contribution in [-0.4, -0.2) is 32.5 Å². The van der Waals surface area contributed by atoms with E-state index in [4.69, 9.17) is 5.11 Å². The Labute approximate surface area is 114 Å². The molecule has 0 saturated heterocycles. The number of benzene rings is 1. The van der Waals surface area contributed by atoms with E-state index in [0.29, 0.717) is 6.42 Å². The monoisotopic (exact) mass is 313 g/mol. The maximum atomic E-state index is 12.0. The van der Waals surface area contributed by atoms with Crippen molar-refractivity contribution in [2.45, 2.75) is 30.6 Å². The Balaban J connectivity index is 2.87. The zero-order valence-corrected chi connectivity index (χ0v) is 11.3. The number of hydrogen-bond acceptors (Lipinski definition) is 4. The maximum absolute atomic E-state index is 12.0. The molecule has 0 aliphatic heterocycles. The maximum Gasteiger partial charge on any atom is 0.573 e. The van der Waals surface area contributed by atoms with E-state index in [9.17, 15) is 21.6 Å². The van der Waals surface area contributed by atoms with Crippen molar-refractivity contribution >= 4 is 10.0 Å². The van der Waals surface area contributed by atoms with Crippen molar-refractivity contribution in [1.82, 2.24) is 4.72 Å². The highest BCUT2D eigenvalue weighted by Crippen LogP contribution is 2.23. The first-order valence-electron chi connectivity index (χ1n) is 5.67. The number of alkyl halides is 3. The molecule has 1 rings (SSSR count). The van der Waals surface area contributed by atoms with Gasteiger partial charge >= 0.3 is 6.36 Å². The van der Waals surface area contributed by atoms with Crippen molar-refractivity contribution in [3.63, 3.8) is 0 Å². The Morgan fingerprint density at radius 1 is 1.30 bits per heavy atom. The molecule has 114 valence electrons. The molecule has 1 atom stereocenters. The molecule has 0 unspecified atom stereocenters. The van der Waals surface area contributed by atoms with E-state index >= 15 is 0 Å². The minimum absolute atomic E-state index is 0.209. The summed E-state index contributed by atoms with van der Waals surface area (Å²) in [7, 11) is -3.89. The molecule has 0 saturated carbocycles. The van der Waals surface area contributed by atoms with Crippen LogP contribution in [0.15, 0.2) is 29.2 Å². The Kier molecular flexibility index (Phi) is 5.37. The van der Waals surface area contributed by atoms with Gasteiger partial charge < -0.3 is 9.84 Å². The van der Waals surface area contributed by atoms with Crippen LogP contribution >= 0.6 is 0 Å². The minimum Gasteiger partial charge on any atom is -0.406 e. The van der Waals surface area contributed by atoms with Gasteiger partial charge in [-0.2, -0.15) is 0 Å². The summed E-state index contributed by atoms with van der Waals surface area (Å²) in [5.74, 6) is -0.509. The van der Waals surface area contributed by atoms with Crippen molar-refractivity contribution in [2.24, 2.45) is 0 Å². The zero-order chi connectivity index (χ0) is 15.4. The number of aliphatic hydroxyl groups excluding tert-OH is 1. The second-order valence-corrected chi connectivity index (χ2v) is 5.64. The van der Waals surface area contributed by atoms with E-state index in [1.165, 1.54) is 0 Å². The molecule has 5 nitrogen and oxygen atoms in total. The van der Waals surface area contributed by atoms with Gasteiger partial charge in [0.25, 0.3) is 0 Å². The van der Waals surface area contributed by atoms with Crippen molar-refractivity contribution in [2.75, 3.05) is 6.61 Å². The highest BCUT2D eigenvalue weighted by molar-refractivity contribution is 7.89. The molecule has 0 aromatic heterocycles. The summed E-state index contributed by atoms with van der Waals surface area (Å²) in [5.41, 5.74) is 0. The molecule has 0 heterocycles. The lowest BCUT2D eigenvalue weighted by molar-refractivity contribution is -0.274. The summed E-state index contributed by atoms with van der Waals surface area (Å²) >= 11 is 0. The van der Waals surface area contributed by atoms with E-state index in [1.54, 1.807) is 6.92 Å². The van der Waals surface area contributed by atoms with Crippen LogP contribution in [0.5, 0.6) is 5.75 Å². The number of ether oxygens (including phenoxy) is 1. The zero-order valence-electron chi connectivity index (χ0n) is 10.5. The average Bonchev–Trinajstić information content (AvgIpc) is 2.34. The molecule has 0 bridgehead atoms. The normalized spacial score (nSPS) is 14.1. The van der Waals surface area contributed by atoms with Crippen LogP contribution in [0.1, 0.15) is 13.3 Å². The SMILES string of the molecule is CC[C@H](CO)NS(=O)(=O)c1ccc(OC(F)(F)F)cc1. The van der Waals surface area contributed by atoms with Crippen molar-refractivity contribution in [3.05, 3.63) is 24.3 Å². The fourth-order valence-corrected chi connectivity index (χ4v) is 2.67. The Bertz CT molecular complexity index is 524. The lowest BCUT2D eigenvalue weighted by atomic mass is 10.3. The van der Waals surface area contributed by atoms with Gasteiger partial charge in [-0.25, -0.2) is 13.1 Å². The summed E-state index contributed by atoms with van der Waals surface area (Å²) in [6.07, 6.45) is -4.45. The topological polar surface area (TPSA) is 75.6 Å². The summed E-state index contributed by atoms with van der Waals surface area (Å²) in [4.78, 5) is -0.209. The Morgan fingerprint density at radius 3 is 2.25 bits per heavy atom. The molecule has 0 aliphatic carbocycles. The van der Waals surface area contributed by atoms with Crippen LogP contribution in [0.25, 0.3) is 0 Å².